The minimum Gasteiger partial charge on any atom is -0.493 e. The van der Waals surface area contributed by atoms with Crippen molar-refractivity contribution in [2.24, 2.45) is 0 Å². The van der Waals surface area contributed by atoms with Crippen molar-refractivity contribution in [1.82, 2.24) is 0 Å². The third-order valence-corrected chi connectivity index (χ3v) is 10.9. The molecular formula is C33H37N2O9S3+. The molecule has 2 N–H and O–H groups in total. The topological polar surface area (TPSA) is 144 Å². The molecule has 47 heavy (non-hydrogen) atoms. The van der Waals surface area contributed by atoms with Crippen molar-refractivity contribution < 1.29 is 44.7 Å². The van der Waals surface area contributed by atoms with Gasteiger partial charge in [-0.15, -0.1) is 0 Å². The van der Waals surface area contributed by atoms with Crippen molar-refractivity contribution in [2.75, 3.05) is 31.4 Å². The van der Waals surface area contributed by atoms with Crippen molar-refractivity contribution in [3.63, 3.8) is 0 Å². The van der Waals surface area contributed by atoms with E-state index < -0.39 is 31.2 Å². The number of methoxy groups -OCH3 is 2. The van der Waals surface area contributed by atoms with E-state index in [1.54, 1.807) is 12.0 Å². The monoisotopic (exact) mass is 701 g/mol. The summed E-state index contributed by atoms with van der Waals surface area (Å²) < 4.78 is 86.5. The quantitative estimate of drug-likeness (QED) is 0.127. The van der Waals surface area contributed by atoms with Gasteiger partial charge in [0.1, 0.15) is 9.95 Å². The van der Waals surface area contributed by atoms with Gasteiger partial charge in [0.15, 0.2) is 23.8 Å². The molecule has 1 unspecified atom stereocenters. The molecule has 1 aromatic heterocycles. The smallest absolute Gasteiger partial charge is 0.269 e. The summed E-state index contributed by atoms with van der Waals surface area (Å²) in [5.74, 6) is 1.63. The predicted molar refractivity (Wildman–Crippen MR) is 183 cm³/mol. The minimum atomic E-state index is -4.33. The highest BCUT2D eigenvalue weighted by atomic mass is 32.2. The second-order valence-electron chi connectivity index (χ2n) is 11.0. The molecule has 3 aromatic carbocycles. The molecule has 0 amide bonds. The first-order valence-corrected chi connectivity index (χ1v) is 18.8. The van der Waals surface area contributed by atoms with E-state index in [4.69, 9.17) is 14.2 Å². The van der Waals surface area contributed by atoms with Gasteiger partial charge in [-0.25, -0.2) is 0 Å². The van der Waals surface area contributed by atoms with Gasteiger partial charge in [0, 0.05) is 31.2 Å². The summed E-state index contributed by atoms with van der Waals surface area (Å²) in [6.45, 7) is 3.67. The lowest BCUT2D eigenvalue weighted by Crippen LogP contribution is -2.36. The lowest BCUT2D eigenvalue weighted by molar-refractivity contribution is -0.668. The van der Waals surface area contributed by atoms with Gasteiger partial charge in [-0.1, -0.05) is 54.7 Å². The summed E-state index contributed by atoms with van der Waals surface area (Å²) in [4.78, 5) is 1.75. The van der Waals surface area contributed by atoms with E-state index in [0.717, 1.165) is 31.9 Å². The largest absolute Gasteiger partial charge is 0.493 e. The Labute approximate surface area is 278 Å². The fourth-order valence-corrected chi connectivity index (χ4v) is 7.30. The Morgan fingerprint density at radius 3 is 2.34 bits per heavy atom. The number of anilines is 1. The van der Waals surface area contributed by atoms with Crippen molar-refractivity contribution in [3.05, 3.63) is 83.2 Å². The Morgan fingerprint density at radius 2 is 1.70 bits per heavy atom. The molecule has 11 nitrogen and oxygen atoms in total. The highest BCUT2D eigenvalue weighted by Gasteiger charge is 2.32. The fraction of sp³-hybridized carbons (Fsp3) is 0.303. The first-order chi connectivity index (χ1) is 22.3. The predicted octanol–water partition coefficient (Wildman–Crippen LogP) is 5.96. The van der Waals surface area contributed by atoms with Gasteiger partial charge in [-0.05, 0) is 42.2 Å². The van der Waals surface area contributed by atoms with E-state index in [2.05, 4.69) is 0 Å². The number of rotatable bonds is 13. The molecule has 4 aromatic rings. The van der Waals surface area contributed by atoms with E-state index >= 15 is 0 Å². The number of allylic oxidation sites excluding steroid dienone is 2. The summed E-state index contributed by atoms with van der Waals surface area (Å²) in [6, 6.07) is 19.2. The molecule has 0 fully saturated rings. The first-order valence-electron chi connectivity index (χ1n) is 14.9. The summed E-state index contributed by atoms with van der Waals surface area (Å²) in [6.07, 6.45) is 4.56. The molecule has 0 aliphatic carbocycles. The lowest BCUT2D eigenvalue weighted by atomic mass is 10.0. The zero-order valence-corrected chi connectivity index (χ0v) is 28.9. The van der Waals surface area contributed by atoms with E-state index in [1.807, 2.05) is 84.3 Å². The van der Waals surface area contributed by atoms with Crippen molar-refractivity contribution in [3.8, 4) is 28.4 Å². The summed E-state index contributed by atoms with van der Waals surface area (Å²) in [5, 5.41) is -0.300. The molecule has 0 spiro atoms. The number of hydrogen-bond acceptors (Lipinski definition) is 9. The average molecular weight is 702 g/mol. The molecule has 0 bridgehead atoms. The third kappa shape index (κ3) is 7.96. The van der Waals surface area contributed by atoms with Crippen LogP contribution in [0.5, 0.6) is 17.2 Å². The molecule has 0 radical (unpaired) electrons. The van der Waals surface area contributed by atoms with Gasteiger partial charge < -0.3 is 19.1 Å². The molecule has 250 valence electrons. The van der Waals surface area contributed by atoms with Gasteiger partial charge in [-0.2, -0.15) is 21.4 Å². The third-order valence-electron chi connectivity index (χ3n) is 7.83. The van der Waals surface area contributed by atoms with E-state index in [1.165, 1.54) is 25.4 Å². The maximum atomic E-state index is 12.1. The minimum absolute atomic E-state index is 0.0506. The van der Waals surface area contributed by atoms with Crippen LogP contribution in [0.2, 0.25) is 0 Å². The normalized spacial score (nSPS) is 15.1. The Balaban J connectivity index is 1.59. The Hall–Kier alpha value is -3.95. The summed E-state index contributed by atoms with van der Waals surface area (Å²) >= 11 is 1.48. The van der Waals surface area contributed by atoms with Crippen molar-refractivity contribution in [1.29, 1.82) is 0 Å². The van der Waals surface area contributed by atoms with E-state index in [-0.39, 0.29) is 13.0 Å². The van der Waals surface area contributed by atoms with Crippen molar-refractivity contribution >= 4 is 53.6 Å². The Bertz CT molecular complexity index is 2060. The zero-order chi connectivity index (χ0) is 33.9. The molecule has 5 rings (SSSR count). The van der Waals surface area contributed by atoms with Crippen LogP contribution in [0, 0.1) is 0 Å². The molecule has 0 saturated carbocycles. The number of nitrogens with zero attached hydrogens (tertiary/aromatic N) is 2. The first kappa shape index (κ1) is 34.4. The second-order valence-corrected chi connectivity index (χ2v) is 15.5. The fourth-order valence-electron chi connectivity index (χ4n) is 5.29. The van der Waals surface area contributed by atoms with E-state index in [0.29, 0.717) is 41.8 Å². The number of hydrogen-bond donors (Lipinski definition) is 2. The Kier molecular flexibility index (Phi) is 10.3. The van der Waals surface area contributed by atoms with Gasteiger partial charge in [0.2, 0.25) is 11.4 Å². The van der Waals surface area contributed by atoms with Crippen molar-refractivity contribution in [2.45, 2.75) is 38.5 Å². The number of aryl methyl sites for hydroxylation is 1. The second kappa shape index (κ2) is 14.0. The highest BCUT2D eigenvalue weighted by molar-refractivity contribution is 7.86. The summed E-state index contributed by atoms with van der Waals surface area (Å²) in [7, 11) is -5.39. The number of aromatic nitrogens is 1. The SMILES string of the molecule is CCC(/C=C1\Oc2ccc(-c3ccccc3)cc2N1CC(C)S(=O)(=O)O)=C\c1sc2cc(OC)c(OC)cc2[n+]1CCCS(=O)(=O)O. The molecule has 0 saturated heterocycles. The molecule has 1 aliphatic rings. The van der Waals surface area contributed by atoms with Gasteiger partial charge in [-0.3, -0.25) is 9.11 Å². The average Bonchev–Trinajstić information content (AvgIpc) is 3.54. The standard InChI is InChI=1S/C33H36N2O9S3/c1-5-23(17-33-34(14-9-15-46(36,37)38)27-19-29(42-3)30(43-4)20-31(27)45-33)16-32-35(21-22(2)47(39,40)41)26-18-25(12-13-28(26)44-32)24-10-7-6-8-11-24/h6-8,10-13,16-20,22H,5,9,14-15,21H2,1-4H3,(H-,36,37,38,39,40,41)/p+1. The van der Waals surface area contributed by atoms with Gasteiger partial charge in [0.05, 0.1) is 31.7 Å². The summed E-state index contributed by atoms with van der Waals surface area (Å²) in [5.41, 5.74) is 4.23. The van der Waals surface area contributed by atoms with Crippen LogP contribution < -0.4 is 23.7 Å². The van der Waals surface area contributed by atoms with Crippen LogP contribution in [-0.2, 0) is 26.8 Å². The number of thiazole rings is 1. The number of benzene rings is 3. The van der Waals surface area contributed by atoms with Crippen LogP contribution in [0.1, 0.15) is 31.7 Å². The Morgan fingerprint density at radius 1 is 1.00 bits per heavy atom. The number of ether oxygens (including phenoxy) is 3. The highest BCUT2D eigenvalue weighted by Crippen LogP contribution is 2.42. The van der Waals surface area contributed by atoms with Crippen LogP contribution in [0.25, 0.3) is 27.4 Å². The number of fused-ring (bicyclic) bond motifs is 2. The van der Waals surface area contributed by atoms with Crippen LogP contribution in [-0.4, -0.2) is 57.7 Å². The molecule has 1 aliphatic heterocycles. The maximum absolute atomic E-state index is 12.1. The van der Waals surface area contributed by atoms with Crippen LogP contribution in [0.3, 0.4) is 0 Å². The van der Waals surface area contributed by atoms with Crippen LogP contribution >= 0.6 is 11.3 Å². The molecule has 2 heterocycles. The molecule has 14 heteroatoms. The molecular weight excluding hydrogens is 665 g/mol. The van der Waals surface area contributed by atoms with Crippen LogP contribution in [0.15, 0.2) is 78.2 Å². The lowest BCUT2D eigenvalue weighted by Gasteiger charge is -2.22. The van der Waals surface area contributed by atoms with E-state index in [9.17, 15) is 25.9 Å². The van der Waals surface area contributed by atoms with Crippen LogP contribution in [0.4, 0.5) is 5.69 Å². The maximum Gasteiger partial charge on any atom is 0.269 e. The van der Waals surface area contributed by atoms with Gasteiger partial charge >= 0.3 is 0 Å². The molecule has 1 atom stereocenters. The van der Waals surface area contributed by atoms with Gasteiger partial charge in [0.25, 0.3) is 25.2 Å². The zero-order valence-electron chi connectivity index (χ0n) is 26.4.